The largest absolute Gasteiger partial charge is 0.288 e. The van der Waals surface area contributed by atoms with Crippen molar-refractivity contribution in [2.75, 3.05) is 4.72 Å². The SMILES string of the molecule is O=C(c1cccnc1)c1cc(Cl)ccc1NS(=O)(=O)c1ccc2ccccc2c1. The van der Waals surface area contributed by atoms with E-state index in [2.05, 4.69) is 9.71 Å². The highest BCUT2D eigenvalue weighted by Gasteiger charge is 2.20. The van der Waals surface area contributed by atoms with Gasteiger partial charge in [-0.15, -0.1) is 0 Å². The molecule has 0 saturated carbocycles. The van der Waals surface area contributed by atoms with E-state index in [0.717, 1.165) is 10.8 Å². The summed E-state index contributed by atoms with van der Waals surface area (Å²) >= 11 is 6.06. The van der Waals surface area contributed by atoms with Gasteiger partial charge in [0.2, 0.25) is 0 Å². The molecule has 4 aromatic rings. The standard InChI is InChI=1S/C22H15ClN2O3S/c23-18-8-10-21(20(13-18)22(26)17-6-3-11-24-14-17)25-29(27,28)19-9-7-15-4-1-2-5-16(15)12-19/h1-14,25H. The molecular weight excluding hydrogens is 408 g/mol. The number of nitrogens with one attached hydrogen (secondary N) is 1. The van der Waals surface area contributed by atoms with Gasteiger partial charge in [0.1, 0.15) is 0 Å². The van der Waals surface area contributed by atoms with E-state index >= 15 is 0 Å². The van der Waals surface area contributed by atoms with Crippen LogP contribution in [0.2, 0.25) is 5.02 Å². The Morgan fingerprint density at radius 2 is 1.69 bits per heavy atom. The molecule has 5 nitrogen and oxygen atoms in total. The number of benzene rings is 3. The molecule has 3 aromatic carbocycles. The topological polar surface area (TPSA) is 76.1 Å². The Kier molecular flexibility index (Phi) is 5.05. The van der Waals surface area contributed by atoms with Crippen LogP contribution in [0.3, 0.4) is 0 Å². The number of halogens is 1. The number of fused-ring (bicyclic) bond motifs is 1. The van der Waals surface area contributed by atoms with Crippen molar-refractivity contribution in [3.63, 3.8) is 0 Å². The molecular formula is C22H15ClN2O3S. The normalized spacial score (nSPS) is 11.3. The molecule has 0 bridgehead atoms. The molecule has 0 unspecified atom stereocenters. The van der Waals surface area contributed by atoms with Gasteiger partial charge in [-0.05, 0) is 53.2 Å². The molecule has 0 spiro atoms. The van der Waals surface area contributed by atoms with Gasteiger partial charge < -0.3 is 0 Å². The monoisotopic (exact) mass is 422 g/mol. The Morgan fingerprint density at radius 3 is 2.45 bits per heavy atom. The second-order valence-corrected chi connectivity index (χ2v) is 8.49. The molecule has 1 heterocycles. The predicted molar refractivity (Wildman–Crippen MR) is 114 cm³/mol. The van der Waals surface area contributed by atoms with Crippen LogP contribution in [-0.2, 0) is 10.0 Å². The molecule has 0 aliphatic carbocycles. The Bertz CT molecular complexity index is 1320. The average Bonchev–Trinajstić information content (AvgIpc) is 2.74. The van der Waals surface area contributed by atoms with Crippen molar-refractivity contribution in [2.24, 2.45) is 0 Å². The second-order valence-electron chi connectivity index (χ2n) is 6.38. The average molecular weight is 423 g/mol. The van der Waals surface area contributed by atoms with Crippen LogP contribution < -0.4 is 4.72 Å². The number of ketones is 1. The fourth-order valence-electron chi connectivity index (χ4n) is 2.98. The lowest BCUT2D eigenvalue weighted by molar-refractivity contribution is 0.103. The van der Waals surface area contributed by atoms with E-state index in [0.29, 0.717) is 10.6 Å². The van der Waals surface area contributed by atoms with Crippen molar-refractivity contribution in [3.05, 3.63) is 101 Å². The van der Waals surface area contributed by atoms with Crippen LogP contribution in [0, 0.1) is 0 Å². The van der Waals surface area contributed by atoms with Crippen LogP contribution in [-0.4, -0.2) is 19.2 Å². The first-order chi connectivity index (χ1) is 13.9. The first kappa shape index (κ1) is 19.1. The third kappa shape index (κ3) is 3.99. The number of carbonyl (C=O) groups excluding carboxylic acids is 1. The zero-order valence-electron chi connectivity index (χ0n) is 15.0. The molecule has 0 amide bonds. The van der Waals surface area contributed by atoms with Crippen LogP contribution in [0.25, 0.3) is 10.8 Å². The van der Waals surface area contributed by atoms with Crippen LogP contribution in [0.1, 0.15) is 15.9 Å². The molecule has 1 aromatic heterocycles. The van der Waals surface area contributed by atoms with E-state index in [4.69, 9.17) is 11.6 Å². The fourth-order valence-corrected chi connectivity index (χ4v) is 4.27. The third-order valence-electron chi connectivity index (χ3n) is 4.43. The van der Waals surface area contributed by atoms with Gasteiger partial charge in [-0.3, -0.25) is 14.5 Å². The molecule has 4 rings (SSSR count). The van der Waals surface area contributed by atoms with E-state index in [9.17, 15) is 13.2 Å². The summed E-state index contributed by atoms with van der Waals surface area (Å²) in [7, 11) is -3.92. The van der Waals surface area contributed by atoms with E-state index in [1.807, 2.05) is 24.3 Å². The zero-order chi connectivity index (χ0) is 20.4. The molecule has 7 heteroatoms. The fraction of sp³-hybridized carbons (Fsp3) is 0. The minimum atomic E-state index is -3.92. The second kappa shape index (κ2) is 7.66. The van der Waals surface area contributed by atoms with Gasteiger partial charge in [0.05, 0.1) is 10.6 Å². The van der Waals surface area contributed by atoms with Crippen molar-refractivity contribution in [2.45, 2.75) is 4.90 Å². The molecule has 0 aliphatic rings. The molecule has 1 N–H and O–H groups in total. The number of aromatic nitrogens is 1. The molecule has 0 atom stereocenters. The molecule has 0 saturated heterocycles. The van der Waals surface area contributed by atoms with Gasteiger partial charge >= 0.3 is 0 Å². The van der Waals surface area contributed by atoms with Crippen molar-refractivity contribution in [3.8, 4) is 0 Å². The Labute approximate surface area is 173 Å². The first-order valence-electron chi connectivity index (χ1n) is 8.70. The summed E-state index contributed by atoms with van der Waals surface area (Å²) in [5, 5.41) is 2.06. The quantitative estimate of drug-likeness (QED) is 0.463. The lowest BCUT2D eigenvalue weighted by Crippen LogP contribution is -2.16. The van der Waals surface area contributed by atoms with E-state index in [1.54, 1.807) is 30.5 Å². The first-order valence-corrected chi connectivity index (χ1v) is 10.6. The summed E-state index contributed by atoms with van der Waals surface area (Å²) < 4.78 is 28.5. The number of carbonyl (C=O) groups is 1. The number of anilines is 1. The summed E-state index contributed by atoms with van der Waals surface area (Å²) in [4.78, 5) is 16.9. The van der Waals surface area contributed by atoms with E-state index < -0.39 is 10.0 Å². The number of nitrogens with zero attached hydrogens (tertiary/aromatic N) is 1. The maximum atomic E-state index is 13.0. The number of rotatable bonds is 5. The highest BCUT2D eigenvalue weighted by molar-refractivity contribution is 7.92. The van der Waals surface area contributed by atoms with Crippen LogP contribution >= 0.6 is 11.6 Å². The maximum absolute atomic E-state index is 13.0. The van der Waals surface area contributed by atoms with E-state index in [1.165, 1.54) is 30.5 Å². The zero-order valence-corrected chi connectivity index (χ0v) is 16.6. The smallest absolute Gasteiger partial charge is 0.261 e. The molecule has 0 aliphatic heterocycles. The summed E-state index contributed by atoms with van der Waals surface area (Å²) in [6, 6.07) is 20.0. The minimum Gasteiger partial charge on any atom is -0.288 e. The molecule has 29 heavy (non-hydrogen) atoms. The number of sulfonamides is 1. The molecule has 0 radical (unpaired) electrons. The summed E-state index contributed by atoms with van der Waals surface area (Å²) in [6.07, 6.45) is 2.98. The summed E-state index contributed by atoms with van der Waals surface area (Å²) in [6.45, 7) is 0. The van der Waals surface area contributed by atoms with Gasteiger partial charge in [0.15, 0.2) is 5.78 Å². The molecule has 0 fully saturated rings. The number of hydrogen-bond acceptors (Lipinski definition) is 4. The summed E-state index contributed by atoms with van der Waals surface area (Å²) in [5.41, 5.74) is 0.632. The van der Waals surface area contributed by atoms with E-state index in [-0.39, 0.29) is 21.9 Å². The Balaban J connectivity index is 1.74. The Hall–Kier alpha value is -3.22. The van der Waals surface area contributed by atoms with Gasteiger partial charge in [-0.25, -0.2) is 8.42 Å². The highest BCUT2D eigenvalue weighted by Crippen LogP contribution is 2.27. The highest BCUT2D eigenvalue weighted by atomic mass is 35.5. The predicted octanol–water partition coefficient (Wildman–Crippen LogP) is 4.92. The lowest BCUT2D eigenvalue weighted by atomic mass is 10.0. The van der Waals surface area contributed by atoms with Crippen molar-refractivity contribution >= 4 is 43.9 Å². The van der Waals surface area contributed by atoms with Crippen LogP contribution in [0.15, 0.2) is 90.1 Å². The van der Waals surface area contributed by atoms with Gasteiger partial charge in [0, 0.05) is 28.5 Å². The van der Waals surface area contributed by atoms with Crippen molar-refractivity contribution < 1.29 is 13.2 Å². The summed E-state index contributed by atoms with van der Waals surface area (Å²) in [5.74, 6) is -0.378. The van der Waals surface area contributed by atoms with Crippen molar-refractivity contribution in [1.82, 2.24) is 4.98 Å². The Morgan fingerprint density at radius 1 is 0.897 bits per heavy atom. The molecule has 144 valence electrons. The number of hydrogen-bond donors (Lipinski definition) is 1. The lowest BCUT2D eigenvalue weighted by Gasteiger charge is -2.13. The van der Waals surface area contributed by atoms with Crippen molar-refractivity contribution in [1.29, 1.82) is 0 Å². The van der Waals surface area contributed by atoms with Gasteiger partial charge in [-0.2, -0.15) is 0 Å². The van der Waals surface area contributed by atoms with Crippen LogP contribution in [0.5, 0.6) is 0 Å². The van der Waals surface area contributed by atoms with Gasteiger partial charge in [0.25, 0.3) is 10.0 Å². The van der Waals surface area contributed by atoms with Gasteiger partial charge in [-0.1, -0.05) is 41.9 Å². The minimum absolute atomic E-state index is 0.103. The maximum Gasteiger partial charge on any atom is 0.261 e. The number of pyridine rings is 1. The van der Waals surface area contributed by atoms with Crippen LogP contribution in [0.4, 0.5) is 5.69 Å². The third-order valence-corrected chi connectivity index (χ3v) is 6.02.